The number of hydrogen-bond donors (Lipinski definition) is 1. The molecule has 0 unspecified atom stereocenters. The molecule has 0 aliphatic carbocycles. The first-order valence-corrected chi connectivity index (χ1v) is 6.62. The van der Waals surface area contributed by atoms with Crippen LogP contribution in [0.15, 0.2) is 34.9 Å². The summed E-state index contributed by atoms with van der Waals surface area (Å²) in [7, 11) is 0. The third-order valence-corrected chi connectivity index (χ3v) is 3.40. The molecule has 1 amide bonds. The van der Waals surface area contributed by atoms with Crippen molar-refractivity contribution < 1.29 is 14.1 Å². The molecule has 0 spiro atoms. The van der Waals surface area contributed by atoms with Gasteiger partial charge in [0.15, 0.2) is 0 Å². The average Bonchev–Trinajstić information content (AvgIpc) is 2.42. The quantitative estimate of drug-likeness (QED) is 0.503. The highest BCUT2D eigenvalue weighted by Gasteiger charge is 2.24. The molecule has 2 aromatic rings. The standard InChI is InChI=1S/C12H6BrClFN3O3/c13-8-2-1-6(5-9(8)15)17-12(19)7-3-4-16-11(14)10(7)18(20)21/h1-5H,(H,17,19). The number of aromatic nitrogens is 1. The SMILES string of the molecule is O=C(Nc1ccc(Br)c(F)c1)c1ccnc(Cl)c1[N+](=O)[O-]. The monoisotopic (exact) mass is 373 g/mol. The Morgan fingerprint density at radius 2 is 2.14 bits per heavy atom. The molecule has 6 nitrogen and oxygen atoms in total. The summed E-state index contributed by atoms with van der Waals surface area (Å²) in [5.41, 5.74) is -0.708. The van der Waals surface area contributed by atoms with Gasteiger partial charge in [-0.3, -0.25) is 14.9 Å². The van der Waals surface area contributed by atoms with E-state index >= 15 is 0 Å². The van der Waals surface area contributed by atoms with Gasteiger partial charge in [-0.2, -0.15) is 0 Å². The molecule has 0 bridgehead atoms. The normalized spacial score (nSPS) is 10.2. The van der Waals surface area contributed by atoms with Crippen molar-refractivity contribution in [3.8, 4) is 0 Å². The zero-order chi connectivity index (χ0) is 15.6. The van der Waals surface area contributed by atoms with Crippen LogP contribution in [0.25, 0.3) is 0 Å². The van der Waals surface area contributed by atoms with Gasteiger partial charge >= 0.3 is 5.69 Å². The number of anilines is 1. The van der Waals surface area contributed by atoms with Gasteiger partial charge in [-0.15, -0.1) is 0 Å². The van der Waals surface area contributed by atoms with Gasteiger partial charge in [0.2, 0.25) is 5.15 Å². The number of carbonyl (C=O) groups excluding carboxylic acids is 1. The molecule has 1 heterocycles. The molecule has 108 valence electrons. The molecule has 1 N–H and O–H groups in total. The van der Waals surface area contributed by atoms with Crippen LogP contribution in [0.4, 0.5) is 15.8 Å². The van der Waals surface area contributed by atoms with Crippen molar-refractivity contribution in [2.45, 2.75) is 0 Å². The summed E-state index contributed by atoms with van der Waals surface area (Å²) in [4.78, 5) is 25.7. The topological polar surface area (TPSA) is 85.1 Å². The summed E-state index contributed by atoms with van der Waals surface area (Å²) in [6.07, 6.45) is 1.17. The molecule has 9 heteroatoms. The predicted octanol–water partition coefficient (Wildman–Crippen LogP) is 3.80. The minimum absolute atomic E-state index is 0.155. The number of nitrogens with zero attached hydrogens (tertiary/aromatic N) is 2. The summed E-state index contributed by atoms with van der Waals surface area (Å²) in [6, 6.07) is 5.09. The van der Waals surface area contributed by atoms with Crippen LogP contribution in [-0.2, 0) is 0 Å². The Bertz CT molecular complexity index is 742. The average molecular weight is 375 g/mol. The van der Waals surface area contributed by atoms with Crippen LogP contribution >= 0.6 is 27.5 Å². The Hall–Kier alpha value is -2.06. The predicted molar refractivity (Wildman–Crippen MR) is 78.0 cm³/mol. The largest absolute Gasteiger partial charge is 0.322 e. The second kappa shape index (κ2) is 6.15. The number of nitrogens with one attached hydrogen (secondary N) is 1. The molecule has 2 rings (SSSR count). The number of amides is 1. The number of nitro groups is 1. The van der Waals surface area contributed by atoms with Crippen LogP contribution in [0.5, 0.6) is 0 Å². The molecule has 0 atom stereocenters. The summed E-state index contributed by atoms with van der Waals surface area (Å²) in [6.45, 7) is 0. The van der Waals surface area contributed by atoms with Gasteiger partial charge in [-0.1, -0.05) is 11.6 Å². The maximum atomic E-state index is 13.4. The molecule has 1 aromatic carbocycles. The lowest BCUT2D eigenvalue weighted by Gasteiger charge is -2.07. The Morgan fingerprint density at radius 1 is 1.43 bits per heavy atom. The minimum Gasteiger partial charge on any atom is -0.322 e. The van der Waals surface area contributed by atoms with Crippen LogP contribution in [-0.4, -0.2) is 15.8 Å². The van der Waals surface area contributed by atoms with Crippen LogP contribution < -0.4 is 5.32 Å². The Kier molecular flexibility index (Phi) is 4.49. The molecule has 1 aromatic heterocycles. The number of pyridine rings is 1. The number of carbonyl (C=O) groups is 1. The van der Waals surface area contributed by atoms with Gasteiger partial charge in [0.1, 0.15) is 11.4 Å². The smallest absolute Gasteiger partial charge is 0.319 e. The lowest BCUT2D eigenvalue weighted by molar-refractivity contribution is -0.385. The molecule has 0 aliphatic heterocycles. The molecule has 0 saturated carbocycles. The van der Waals surface area contributed by atoms with Crippen molar-refractivity contribution in [2.75, 3.05) is 5.32 Å². The third-order valence-electron chi connectivity index (χ3n) is 2.48. The van der Waals surface area contributed by atoms with Crippen molar-refractivity contribution in [2.24, 2.45) is 0 Å². The fourth-order valence-electron chi connectivity index (χ4n) is 1.56. The first-order chi connectivity index (χ1) is 9.90. The van der Waals surface area contributed by atoms with Crippen molar-refractivity contribution >= 4 is 44.8 Å². The highest BCUT2D eigenvalue weighted by molar-refractivity contribution is 9.10. The molecule has 21 heavy (non-hydrogen) atoms. The molecule has 0 saturated heterocycles. The Balaban J connectivity index is 2.35. The highest BCUT2D eigenvalue weighted by atomic mass is 79.9. The Morgan fingerprint density at radius 3 is 2.76 bits per heavy atom. The lowest BCUT2D eigenvalue weighted by Crippen LogP contribution is -2.14. The van der Waals surface area contributed by atoms with E-state index in [4.69, 9.17) is 11.6 Å². The van der Waals surface area contributed by atoms with E-state index in [0.717, 1.165) is 12.1 Å². The van der Waals surface area contributed by atoms with Gasteiger partial charge < -0.3 is 5.32 Å². The minimum atomic E-state index is -0.799. The van der Waals surface area contributed by atoms with E-state index in [0.29, 0.717) is 0 Å². The van der Waals surface area contributed by atoms with E-state index in [1.165, 1.54) is 18.3 Å². The summed E-state index contributed by atoms with van der Waals surface area (Å²) in [5, 5.41) is 12.9. The molecular formula is C12H6BrClFN3O3. The summed E-state index contributed by atoms with van der Waals surface area (Å²) in [5.74, 6) is -1.36. The molecule has 0 fully saturated rings. The third kappa shape index (κ3) is 3.34. The van der Waals surface area contributed by atoms with E-state index < -0.39 is 27.5 Å². The number of benzene rings is 1. The van der Waals surface area contributed by atoms with E-state index in [1.54, 1.807) is 0 Å². The van der Waals surface area contributed by atoms with Crippen molar-refractivity contribution in [3.05, 3.63) is 61.6 Å². The van der Waals surface area contributed by atoms with E-state index in [9.17, 15) is 19.3 Å². The Labute approximate surface area is 131 Å². The van der Waals surface area contributed by atoms with Gasteiger partial charge in [0.05, 0.1) is 9.40 Å². The number of hydrogen-bond acceptors (Lipinski definition) is 4. The van der Waals surface area contributed by atoms with Crippen LogP contribution in [0, 0.1) is 15.9 Å². The van der Waals surface area contributed by atoms with Crippen LogP contribution in [0.1, 0.15) is 10.4 Å². The van der Waals surface area contributed by atoms with Crippen molar-refractivity contribution in [1.29, 1.82) is 0 Å². The number of halogens is 3. The first kappa shape index (κ1) is 15.3. The fourth-order valence-corrected chi connectivity index (χ4v) is 2.03. The molecule has 0 aliphatic rings. The maximum absolute atomic E-state index is 13.4. The van der Waals surface area contributed by atoms with Crippen LogP contribution in [0.3, 0.4) is 0 Å². The van der Waals surface area contributed by atoms with Gasteiger partial charge in [-0.05, 0) is 40.2 Å². The molecule has 0 radical (unpaired) electrons. The van der Waals surface area contributed by atoms with Crippen molar-refractivity contribution in [3.63, 3.8) is 0 Å². The van der Waals surface area contributed by atoms with Gasteiger partial charge in [-0.25, -0.2) is 9.37 Å². The lowest BCUT2D eigenvalue weighted by atomic mass is 10.2. The van der Waals surface area contributed by atoms with Crippen LogP contribution in [0.2, 0.25) is 5.15 Å². The van der Waals surface area contributed by atoms with Crippen molar-refractivity contribution in [1.82, 2.24) is 4.98 Å². The fraction of sp³-hybridized carbons (Fsp3) is 0. The summed E-state index contributed by atoms with van der Waals surface area (Å²) < 4.78 is 13.6. The zero-order valence-corrected chi connectivity index (χ0v) is 12.5. The zero-order valence-electron chi connectivity index (χ0n) is 10.1. The van der Waals surface area contributed by atoms with Gasteiger partial charge in [0.25, 0.3) is 5.91 Å². The second-order valence-electron chi connectivity index (χ2n) is 3.84. The van der Waals surface area contributed by atoms with E-state index in [-0.39, 0.29) is 15.7 Å². The van der Waals surface area contributed by atoms with Gasteiger partial charge in [0, 0.05) is 11.9 Å². The summed E-state index contributed by atoms with van der Waals surface area (Å²) >= 11 is 8.60. The molecular weight excluding hydrogens is 369 g/mol. The maximum Gasteiger partial charge on any atom is 0.319 e. The number of rotatable bonds is 3. The van der Waals surface area contributed by atoms with E-state index in [2.05, 4.69) is 26.2 Å². The first-order valence-electron chi connectivity index (χ1n) is 5.45. The highest BCUT2D eigenvalue weighted by Crippen LogP contribution is 2.27. The second-order valence-corrected chi connectivity index (χ2v) is 5.05. The van der Waals surface area contributed by atoms with E-state index in [1.807, 2.05) is 0 Å².